The molecular weight excluding hydrogens is 210 g/mol. The van der Waals surface area contributed by atoms with E-state index in [4.69, 9.17) is 11.0 Å². The van der Waals surface area contributed by atoms with Gasteiger partial charge in [0.1, 0.15) is 17.5 Å². The number of aryl methyl sites for hydroxylation is 1. The van der Waals surface area contributed by atoms with Crippen molar-refractivity contribution in [3.05, 3.63) is 47.7 Å². The van der Waals surface area contributed by atoms with Crippen LogP contribution in [0.15, 0.2) is 36.5 Å². The summed E-state index contributed by atoms with van der Waals surface area (Å²) in [6, 6.07) is 12.0. The highest BCUT2D eigenvalue weighted by atomic mass is 14.8. The van der Waals surface area contributed by atoms with Crippen LogP contribution in [0.5, 0.6) is 0 Å². The van der Waals surface area contributed by atoms with Crippen LogP contribution in [-0.2, 0) is 6.42 Å². The summed E-state index contributed by atoms with van der Waals surface area (Å²) in [5, 5.41) is 9.15. The molecular formula is C14H13N3. The molecule has 0 radical (unpaired) electrons. The van der Waals surface area contributed by atoms with Gasteiger partial charge >= 0.3 is 0 Å². The van der Waals surface area contributed by atoms with E-state index in [1.165, 1.54) is 5.56 Å². The van der Waals surface area contributed by atoms with E-state index in [2.05, 4.69) is 24.0 Å². The minimum absolute atomic E-state index is 0.288. The second-order valence-electron chi connectivity index (χ2n) is 3.74. The van der Waals surface area contributed by atoms with Gasteiger partial charge in [-0.05, 0) is 23.6 Å². The first-order valence-corrected chi connectivity index (χ1v) is 5.50. The van der Waals surface area contributed by atoms with E-state index in [1.54, 1.807) is 6.20 Å². The minimum Gasteiger partial charge on any atom is -0.383 e. The average Bonchev–Trinajstić information content (AvgIpc) is 2.38. The molecule has 2 aromatic rings. The SMILES string of the molecule is CCc1ccccc1-c1ccnc(N)c1C#N. The normalized spacial score (nSPS) is 9.88. The number of rotatable bonds is 2. The van der Waals surface area contributed by atoms with Gasteiger partial charge in [0.2, 0.25) is 0 Å². The van der Waals surface area contributed by atoms with Crippen LogP contribution in [-0.4, -0.2) is 4.98 Å². The van der Waals surface area contributed by atoms with Crippen molar-refractivity contribution < 1.29 is 0 Å². The number of nitriles is 1. The molecule has 17 heavy (non-hydrogen) atoms. The van der Waals surface area contributed by atoms with Gasteiger partial charge in [-0.2, -0.15) is 5.26 Å². The smallest absolute Gasteiger partial charge is 0.141 e. The predicted molar refractivity (Wildman–Crippen MR) is 68.2 cm³/mol. The maximum atomic E-state index is 9.15. The topological polar surface area (TPSA) is 62.7 Å². The number of anilines is 1. The Morgan fingerprint density at radius 3 is 2.71 bits per heavy atom. The van der Waals surface area contributed by atoms with Crippen molar-refractivity contribution in [1.82, 2.24) is 4.98 Å². The highest BCUT2D eigenvalue weighted by molar-refractivity contribution is 5.77. The van der Waals surface area contributed by atoms with Crippen molar-refractivity contribution in [3.63, 3.8) is 0 Å². The van der Waals surface area contributed by atoms with Gasteiger partial charge in [-0.1, -0.05) is 31.2 Å². The van der Waals surface area contributed by atoms with E-state index < -0.39 is 0 Å². The lowest BCUT2D eigenvalue weighted by Crippen LogP contribution is -1.98. The number of pyridine rings is 1. The van der Waals surface area contributed by atoms with Gasteiger partial charge in [0, 0.05) is 11.8 Å². The fraction of sp³-hybridized carbons (Fsp3) is 0.143. The highest BCUT2D eigenvalue weighted by Crippen LogP contribution is 2.28. The average molecular weight is 223 g/mol. The Labute approximate surface area is 101 Å². The minimum atomic E-state index is 0.288. The molecule has 0 aliphatic heterocycles. The van der Waals surface area contributed by atoms with Crippen molar-refractivity contribution >= 4 is 5.82 Å². The van der Waals surface area contributed by atoms with Gasteiger partial charge in [-0.25, -0.2) is 4.98 Å². The van der Waals surface area contributed by atoms with E-state index in [0.717, 1.165) is 17.5 Å². The fourth-order valence-electron chi connectivity index (χ4n) is 1.91. The molecule has 0 bridgehead atoms. The van der Waals surface area contributed by atoms with E-state index in [-0.39, 0.29) is 5.82 Å². The van der Waals surface area contributed by atoms with E-state index in [0.29, 0.717) is 5.56 Å². The second-order valence-corrected chi connectivity index (χ2v) is 3.74. The van der Waals surface area contributed by atoms with Gasteiger partial charge in [-0.3, -0.25) is 0 Å². The number of benzene rings is 1. The second kappa shape index (κ2) is 4.67. The molecule has 0 unspecified atom stereocenters. The number of hydrogen-bond donors (Lipinski definition) is 1. The van der Waals surface area contributed by atoms with E-state index in [1.807, 2.05) is 24.3 Å². The molecule has 0 saturated heterocycles. The molecule has 3 nitrogen and oxygen atoms in total. The Kier molecular flexibility index (Phi) is 3.06. The summed E-state index contributed by atoms with van der Waals surface area (Å²) in [7, 11) is 0. The zero-order valence-electron chi connectivity index (χ0n) is 9.64. The zero-order valence-corrected chi connectivity index (χ0v) is 9.64. The summed E-state index contributed by atoms with van der Waals surface area (Å²) in [6.45, 7) is 2.09. The monoisotopic (exact) mass is 223 g/mol. The van der Waals surface area contributed by atoms with Crippen molar-refractivity contribution in [2.75, 3.05) is 5.73 Å². The molecule has 1 heterocycles. The highest BCUT2D eigenvalue weighted by Gasteiger charge is 2.11. The van der Waals surface area contributed by atoms with Crippen LogP contribution in [0.2, 0.25) is 0 Å². The lowest BCUT2D eigenvalue weighted by molar-refractivity contribution is 1.14. The predicted octanol–water partition coefficient (Wildman–Crippen LogP) is 2.76. The Hall–Kier alpha value is -2.34. The molecule has 1 aromatic carbocycles. The first-order valence-electron chi connectivity index (χ1n) is 5.50. The van der Waals surface area contributed by atoms with Gasteiger partial charge in [-0.15, -0.1) is 0 Å². The van der Waals surface area contributed by atoms with Crippen molar-refractivity contribution in [1.29, 1.82) is 5.26 Å². The third-order valence-corrected chi connectivity index (χ3v) is 2.78. The molecule has 0 saturated carbocycles. The summed E-state index contributed by atoms with van der Waals surface area (Å²) < 4.78 is 0. The Morgan fingerprint density at radius 1 is 1.24 bits per heavy atom. The summed E-state index contributed by atoms with van der Waals surface area (Å²) in [5.74, 6) is 0.288. The molecule has 3 heteroatoms. The largest absolute Gasteiger partial charge is 0.383 e. The molecule has 2 N–H and O–H groups in total. The van der Waals surface area contributed by atoms with Crippen LogP contribution < -0.4 is 5.73 Å². The number of aromatic nitrogens is 1. The quantitative estimate of drug-likeness (QED) is 0.851. The zero-order chi connectivity index (χ0) is 12.3. The fourth-order valence-corrected chi connectivity index (χ4v) is 1.91. The van der Waals surface area contributed by atoms with Gasteiger partial charge in [0.25, 0.3) is 0 Å². The van der Waals surface area contributed by atoms with Crippen LogP contribution in [0.25, 0.3) is 11.1 Å². The Morgan fingerprint density at radius 2 is 2.00 bits per heavy atom. The molecule has 0 fully saturated rings. The number of nitrogens with two attached hydrogens (primary N) is 1. The molecule has 0 atom stereocenters. The maximum absolute atomic E-state index is 9.15. The van der Waals surface area contributed by atoms with Crippen LogP contribution >= 0.6 is 0 Å². The summed E-state index contributed by atoms with van der Waals surface area (Å²) in [4.78, 5) is 3.95. The van der Waals surface area contributed by atoms with Crippen molar-refractivity contribution in [2.45, 2.75) is 13.3 Å². The van der Waals surface area contributed by atoms with Crippen molar-refractivity contribution in [3.8, 4) is 17.2 Å². The molecule has 0 aliphatic carbocycles. The van der Waals surface area contributed by atoms with Crippen LogP contribution in [0.3, 0.4) is 0 Å². The van der Waals surface area contributed by atoms with E-state index >= 15 is 0 Å². The van der Waals surface area contributed by atoms with Crippen LogP contribution in [0, 0.1) is 11.3 Å². The van der Waals surface area contributed by atoms with Gasteiger partial charge < -0.3 is 5.73 Å². The number of nitrogens with zero attached hydrogens (tertiary/aromatic N) is 2. The van der Waals surface area contributed by atoms with Crippen LogP contribution in [0.4, 0.5) is 5.82 Å². The summed E-state index contributed by atoms with van der Waals surface area (Å²) >= 11 is 0. The molecule has 2 rings (SSSR count). The Bertz CT molecular complexity index is 582. The van der Waals surface area contributed by atoms with Gasteiger partial charge in [0.05, 0.1) is 0 Å². The lowest BCUT2D eigenvalue weighted by atomic mass is 9.95. The molecule has 84 valence electrons. The lowest BCUT2D eigenvalue weighted by Gasteiger charge is -2.10. The first-order chi connectivity index (χ1) is 8.27. The molecule has 0 amide bonds. The third kappa shape index (κ3) is 1.98. The number of hydrogen-bond acceptors (Lipinski definition) is 3. The van der Waals surface area contributed by atoms with Crippen molar-refractivity contribution in [2.24, 2.45) is 0 Å². The maximum Gasteiger partial charge on any atom is 0.141 e. The standard InChI is InChI=1S/C14H13N3/c1-2-10-5-3-4-6-11(10)12-7-8-17-14(16)13(12)9-15/h3-8H,2H2,1H3,(H2,16,17). The molecule has 0 spiro atoms. The Balaban J connectivity index is 2.69. The number of nitrogen functional groups attached to an aromatic ring is 1. The molecule has 0 aliphatic rings. The van der Waals surface area contributed by atoms with Crippen LogP contribution in [0.1, 0.15) is 18.1 Å². The summed E-state index contributed by atoms with van der Waals surface area (Å²) in [6.07, 6.45) is 2.56. The van der Waals surface area contributed by atoms with E-state index in [9.17, 15) is 0 Å². The van der Waals surface area contributed by atoms with Gasteiger partial charge in [0.15, 0.2) is 0 Å². The first kappa shape index (κ1) is 11.2. The third-order valence-electron chi connectivity index (χ3n) is 2.78. The summed E-state index contributed by atoms with van der Waals surface area (Å²) in [5.41, 5.74) is 9.30. The molecule has 1 aromatic heterocycles.